The minimum atomic E-state index is -0.879. The fourth-order valence-electron chi connectivity index (χ4n) is 10.4. The molecule has 96 heavy (non-hydrogen) atoms. The second-order valence-corrected chi connectivity index (χ2v) is 21.9. The molecule has 0 aliphatic heterocycles. The van der Waals surface area contributed by atoms with Crippen molar-refractivity contribution in [1.29, 1.82) is 0 Å². The van der Waals surface area contributed by atoms with E-state index in [1.165, 1.54) is 66.7 Å². The summed E-state index contributed by atoms with van der Waals surface area (Å²) < 4.78 is 0. The number of allylic oxidation sites excluding steroid dienone is 2. The number of nitro benzene ring substituents is 7. The normalized spacial score (nSPS) is 13.8. The lowest BCUT2D eigenvalue weighted by molar-refractivity contribution is -0.394. The molecule has 0 saturated carbocycles. The van der Waals surface area contributed by atoms with Gasteiger partial charge in [0.2, 0.25) is 0 Å². The third-order valence-electron chi connectivity index (χ3n) is 15.0. The molecule has 9 rings (SSSR count). The van der Waals surface area contributed by atoms with E-state index in [0.29, 0.717) is 42.9 Å². The van der Waals surface area contributed by atoms with Crippen LogP contribution in [0.3, 0.4) is 0 Å². The lowest BCUT2D eigenvalue weighted by atomic mass is 9.92. The number of phenolic OH excluding ortho intramolecular Hbond substituents is 4. The number of hydrogen-bond acceptors (Lipinski definition) is 26. The number of hydrogen-bond donors (Lipinski definition) is 4. The van der Waals surface area contributed by atoms with Gasteiger partial charge in [0, 0.05) is 101 Å². The summed E-state index contributed by atoms with van der Waals surface area (Å²) in [5.74, 6) is -1.43. The molecule has 488 valence electrons. The summed E-state index contributed by atoms with van der Waals surface area (Å²) in [6.45, 7) is 0. The zero-order valence-corrected chi connectivity index (χ0v) is 50.2. The van der Waals surface area contributed by atoms with Gasteiger partial charge >= 0.3 is 0 Å². The van der Waals surface area contributed by atoms with E-state index in [4.69, 9.17) is 0 Å². The van der Waals surface area contributed by atoms with Gasteiger partial charge < -0.3 is 20.4 Å². The van der Waals surface area contributed by atoms with Crippen LogP contribution in [0, 0.1) is 70.8 Å². The van der Waals surface area contributed by atoms with Gasteiger partial charge in [-0.05, 0) is 111 Å². The molecule has 0 radical (unpaired) electrons. The van der Waals surface area contributed by atoms with Crippen molar-refractivity contribution < 1.29 is 54.9 Å². The van der Waals surface area contributed by atoms with Crippen LogP contribution in [0.25, 0.3) is 0 Å². The van der Waals surface area contributed by atoms with Gasteiger partial charge in [0.25, 0.3) is 39.8 Å². The number of nitrogens with zero attached hydrogens (tertiary/aromatic N) is 15. The summed E-state index contributed by atoms with van der Waals surface area (Å²) in [6, 6.07) is 24.4. The van der Waals surface area contributed by atoms with Crippen LogP contribution in [0.1, 0.15) is 95.9 Å². The second kappa shape index (κ2) is 30.3. The Kier molecular flexibility index (Phi) is 21.3. The second-order valence-electron chi connectivity index (χ2n) is 21.9. The number of nitro groups is 7. The van der Waals surface area contributed by atoms with E-state index in [0.717, 1.165) is 80.6 Å². The SMILES string of the molecule is O=[N+]([O-])c1cccc(N=Nc2cc3c(O)c(c2)Cc2cc(N=Nc4cc([N+](=O)[O-])cc([N+](=O)[O-])c4)cc(c2O)Cc2cc(N=Nc4cc([N+](=O)[O-])cc([N+](=O)[O-])c4)cc(c2O)Cc2cc(N=Nc4cc([N+](=O)[O-])cc([N+](=O)[O-])c4)cc(c2O)CCC/C=C\CCCCCCC3)c1. The zero-order valence-electron chi connectivity index (χ0n) is 50.2. The van der Waals surface area contributed by atoms with Crippen LogP contribution in [0.15, 0.2) is 180 Å². The average molecular weight is 1310 g/mol. The predicted octanol–water partition coefficient (Wildman–Crippen LogP) is 18.1. The maximum absolute atomic E-state index is 12.5. The highest BCUT2D eigenvalue weighted by atomic mass is 16.7. The molecule has 0 heterocycles. The molecule has 8 bridgehead atoms. The van der Waals surface area contributed by atoms with Gasteiger partial charge in [0.15, 0.2) is 0 Å². The zero-order chi connectivity index (χ0) is 68.7. The van der Waals surface area contributed by atoms with Crippen LogP contribution in [-0.2, 0) is 32.1 Å². The fourth-order valence-corrected chi connectivity index (χ4v) is 10.4. The highest BCUT2D eigenvalue weighted by Crippen LogP contribution is 2.43. The summed E-state index contributed by atoms with van der Waals surface area (Å²) in [6.07, 6.45) is 9.21. The van der Waals surface area contributed by atoms with E-state index in [2.05, 4.69) is 40.9 Å². The highest BCUT2D eigenvalue weighted by Gasteiger charge is 2.24. The summed E-state index contributed by atoms with van der Waals surface area (Å²) >= 11 is 0. The Balaban J connectivity index is 1.24. The van der Waals surface area contributed by atoms with E-state index >= 15 is 0 Å². The summed E-state index contributed by atoms with van der Waals surface area (Å²) in [4.78, 5) is 76.9. The van der Waals surface area contributed by atoms with Crippen molar-refractivity contribution in [2.45, 2.75) is 83.5 Å². The van der Waals surface area contributed by atoms with Gasteiger partial charge in [-0.2, -0.15) is 40.9 Å². The Labute approximate surface area is 540 Å². The van der Waals surface area contributed by atoms with Crippen molar-refractivity contribution in [3.63, 3.8) is 0 Å². The molecule has 0 saturated heterocycles. The van der Waals surface area contributed by atoms with Gasteiger partial charge in [-0.3, -0.25) is 70.8 Å². The van der Waals surface area contributed by atoms with Gasteiger partial charge in [0.05, 0.1) is 98.2 Å². The molecule has 0 aromatic heterocycles. The number of benzene rings is 8. The third-order valence-corrected chi connectivity index (χ3v) is 15.0. The molecule has 0 amide bonds. The van der Waals surface area contributed by atoms with Crippen LogP contribution >= 0.6 is 0 Å². The van der Waals surface area contributed by atoms with Gasteiger partial charge in [-0.15, -0.1) is 0 Å². The highest BCUT2D eigenvalue weighted by molar-refractivity contribution is 5.64. The Hall–Kier alpha value is -13.1. The topological polar surface area (TPSA) is 482 Å². The van der Waals surface area contributed by atoms with Crippen molar-refractivity contribution in [2.75, 3.05) is 0 Å². The van der Waals surface area contributed by atoms with E-state index in [1.807, 2.05) is 12.2 Å². The molecular weight excluding hydrogens is 1250 g/mol. The first-order valence-electron chi connectivity index (χ1n) is 29.2. The lowest BCUT2D eigenvalue weighted by Crippen LogP contribution is -1.99. The maximum atomic E-state index is 12.5. The van der Waals surface area contributed by atoms with Crippen molar-refractivity contribution in [3.05, 3.63) is 255 Å². The maximum Gasteiger partial charge on any atom is 0.278 e. The first-order valence-corrected chi connectivity index (χ1v) is 29.2. The molecule has 33 heteroatoms. The number of fused-ring (bicyclic) bond motifs is 8. The molecule has 0 unspecified atom stereocenters. The fraction of sp³-hybridized carbons (Fsp3) is 0.206. The van der Waals surface area contributed by atoms with Gasteiger partial charge in [-0.25, -0.2) is 0 Å². The molecule has 0 spiro atoms. The first kappa shape index (κ1) is 67.3. The molecule has 1 aliphatic carbocycles. The molecule has 8 aromatic carbocycles. The van der Waals surface area contributed by atoms with Crippen LogP contribution in [0.4, 0.5) is 85.3 Å². The molecule has 1 aliphatic rings. The molecule has 8 aromatic rings. The number of azo groups is 4. The van der Waals surface area contributed by atoms with Crippen molar-refractivity contribution >= 4 is 85.3 Å². The van der Waals surface area contributed by atoms with Crippen molar-refractivity contribution in [1.82, 2.24) is 0 Å². The quantitative estimate of drug-likeness (QED) is 0.0320. The molecule has 0 atom stereocenters. The van der Waals surface area contributed by atoms with Crippen LogP contribution in [0.2, 0.25) is 0 Å². The number of aromatic hydroxyl groups is 4. The monoisotopic (exact) mass is 1310 g/mol. The Morgan fingerprint density at radius 2 is 0.500 bits per heavy atom. The summed E-state index contributed by atoms with van der Waals surface area (Å²) in [7, 11) is 0. The Morgan fingerprint density at radius 1 is 0.260 bits per heavy atom. The lowest BCUT2D eigenvalue weighted by Gasteiger charge is -2.17. The average Bonchev–Trinajstić information content (AvgIpc) is 0.801. The van der Waals surface area contributed by atoms with E-state index in [1.54, 1.807) is 6.07 Å². The first-order chi connectivity index (χ1) is 45.9. The standard InChI is InChI=1S/C63H53N15O18/c79-60-37-12-9-7-5-3-1-2-4-6-8-10-13-38-20-47(66-69-50-28-54(73(85)86)34-55(29-50)74(87)88)22-40(61(38)80)17-42-24-49(68-71-52-32-58(77(93)94)36-59(33-52)78(95)96)26-44(63(42)82)18-43-25-48(67-70-51-30-56(75(89)90)35-57(31-51)76(91)92)23-41(62(43)81)16-39(60)21-46(19-37)65-64-45-14-11-15-53(27-45)72(83)84/h4,6,11,14-15,19-36,79-82H,1-3,5,7-10,12-13,16-18H2/b6-4-,65-64?,69-66?,70-67?,71-68?. The molecule has 33 nitrogen and oxygen atoms in total. The van der Waals surface area contributed by atoms with Gasteiger partial charge in [-0.1, -0.05) is 37.5 Å². The van der Waals surface area contributed by atoms with E-state index in [-0.39, 0.29) is 115 Å². The predicted molar refractivity (Wildman–Crippen MR) is 343 cm³/mol. The Morgan fingerprint density at radius 3 is 0.823 bits per heavy atom. The molecule has 0 fully saturated rings. The summed E-state index contributed by atoms with van der Waals surface area (Å²) in [5.41, 5.74) is -4.17. The minimum absolute atomic E-state index is 0.0206. The smallest absolute Gasteiger partial charge is 0.278 e. The van der Waals surface area contributed by atoms with Crippen LogP contribution < -0.4 is 0 Å². The number of phenols is 4. The number of non-ortho nitro benzene ring substituents is 7. The molecular formula is C63H53N15O18. The largest absolute Gasteiger partial charge is 0.507 e. The summed E-state index contributed by atoms with van der Waals surface area (Å²) in [5, 5.41) is 166. The third kappa shape index (κ3) is 17.5. The molecule has 4 N–H and O–H groups in total. The van der Waals surface area contributed by atoms with Gasteiger partial charge in [0.1, 0.15) is 23.0 Å². The van der Waals surface area contributed by atoms with Crippen molar-refractivity contribution in [3.8, 4) is 23.0 Å². The minimum Gasteiger partial charge on any atom is -0.507 e. The Bertz CT molecular complexity index is 4520. The van der Waals surface area contributed by atoms with E-state index < -0.39 is 86.5 Å². The van der Waals surface area contributed by atoms with E-state index in [9.17, 15) is 91.2 Å². The van der Waals surface area contributed by atoms with Crippen LogP contribution in [0.5, 0.6) is 23.0 Å². The number of aryl methyl sites for hydroxylation is 2. The number of rotatable bonds is 15. The van der Waals surface area contributed by atoms with Crippen LogP contribution in [-0.4, -0.2) is 54.9 Å². The van der Waals surface area contributed by atoms with Crippen molar-refractivity contribution in [2.24, 2.45) is 40.9 Å².